The quantitative estimate of drug-likeness (QED) is 0.135. The Bertz CT molecular complexity index is 2940. The van der Waals surface area contributed by atoms with E-state index in [1.165, 1.54) is 6.07 Å². The van der Waals surface area contributed by atoms with Crippen molar-refractivity contribution in [3.8, 4) is 34.3 Å². The Labute approximate surface area is 394 Å². The van der Waals surface area contributed by atoms with Gasteiger partial charge in [-0.2, -0.15) is 18.3 Å². The van der Waals surface area contributed by atoms with Gasteiger partial charge in [0, 0.05) is 39.7 Å². The van der Waals surface area contributed by atoms with Crippen LogP contribution in [0.15, 0.2) is 158 Å². The third-order valence-corrected chi connectivity index (χ3v) is 13.0. The average molecular weight is 911 g/mol. The van der Waals surface area contributed by atoms with Gasteiger partial charge in [0.2, 0.25) is 0 Å². The van der Waals surface area contributed by atoms with Gasteiger partial charge in [-0.15, -0.1) is 0 Å². The van der Waals surface area contributed by atoms with Crippen LogP contribution < -0.4 is 28.7 Å². The first-order valence-corrected chi connectivity index (χ1v) is 22.2. The van der Waals surface area contributed by atoms with Gasteiger partial charge >= 0.3 is 6.18 Å². The molecule has 342 valence electrons. The molecule has 8 nitrogen and oxygen atoms in total. The summed E-state index contributed by atoms with van der Waals surface area (Å²) < 4.78 is 69.3. The van der Waals surface area contributed by atoms with E-state index in [0.717, 1.165) is 67.5 Å². The zero-order valence-electron chi connectivity index (χ0n) is 38.7. The highest BCUT2D eigenvalue weighted by Crippen LogP contribution is 2.57. The molecule has 0 fully saturated rings. The second kappa shape index (κ2) is 16.7. The number of aromatic nitrogens is 2. The Morgan fingerprint density at radius 3 is 1.19 bits per heavy atom. The Balaban J connectivity index is 1.31. The standard InChI is InChI=1S/C57H49F3N4O4/c1-55(2,3)38-12-31-49-52(32-38)56(64-53(49)35-54(61-64)57(58,59)60)50-33-43(62(39-15-23-45(65-4)24-16-39)40-17-25-46(66-5)26-18-40)13-10-36(50)8-9-37-11-14-44(34-51(37)56)63(41-19-27-47(67-6)28-20-41)42-21-29-48(68-7)30-22-42/h8-35H,1-7H3. The van der Waals surface area contributed by atoms with Crippen LogP contribution in [0.25, 0.3) is 23.4 Å². The summed E-state index contributed by atoms with van der Waals surface area (Å²) in [6, 6.07) is 50.9. The fraction of sp³-hybridized carbons (Fsp3) is 0.175. The normalized spacial score (nSPS) is 13.2. The Hall–Kier alpha value is -7.92. The number of halogens is 3. The van der Waals surface area contributed by atoms with Crippen molar-refractivity contribution < 1.29 is 32.1 Å². The number of hydrogen-bond acceptors (Lipinski definition) is 7. The molecule has 0 saturated carbocycles. The second-order valence-corrected chi connectivity index (χ2v) is 17.9. The maximum absolute atomic E-state index is 15.1. The molecule has 2 aliphatic rings. The van der Waals surface area contributed by atoms with Gasteiger partial charge < -0.3 is 28.7 Å². The summed E-state index contributed by atoms with van der Waals surface area (Å²) in [4.78, 5) is 4.25. The van der Waals surface area contributed by atoms with Gasteiger partial charge in [0.05, 0.1) is 34.1 Å². The highest BCUT2D eigenvalue weighted by Gasteiger charge is 2.52. The Morgan fingerprint density at radius 1 is 0.456 bits per heavy atom. The number of rotatable bonds is 10. The van der Waals surface area contributed by atoms with Crippen LogP contribution in [0.1, 0.15) is 59.8 Å². The molecule has 10 rings (SSSR count). The lowest BCUT2D eigenvalue weighted by Gasteiger charge is -2.37. The molecule has 0 bridgehead atoms. The van der Waals surface area contributed by atoms with Crippen LogP contribution in [0.2, 0.25) is 0 Å². The number of methoxy groups -OCH3 is 4. The lowest BCUT2D eigenvalue weighted by atomic mass is 9.73. The number of ether oxygens (including phenoxy) is 4. The molecule has 0 atom stereocenters. The van der Waals surface area contributed by atoms with Crippen LogP contribution >= 0.6 is 0 Å². The van der Waals surface area contributed by atoms with E-state index in [1.807, 2.05) is 109 Å². The maximum Gasteiger partial charge on any atom is 0.435 e. The van der Waals surface area contributed by atoms with Gasteiger partial charge in [-0.05, 0) is 166 Å². The predicted octanol–water partition coefficient (Wildman–Crippen LogP) is 14.5. The molecule has 2 heterocycles. The first-order valence-electron chi connectivity index (χ1n) is 22.2. The highest BCUT2D eigenvalue weighted by molar-refractivity contribution is 5.89. The largest absolute Gasteiger partial charge is 0.497 e. The van der Waals surface area contributed by atoms with Crippen molar-refractivity contribution in [2.45, 2.75) is 37.9 Å². The van der Waals surface area contributed by atoms with Crippen LogP contribution in [0.3, 0.4) is 0 Å². The number of benzene rings is 7. The van der Waals surface area contributed by atoms with Crippen molar-refractivity contribution in [2.24, 2.45) is 0 Å². The SMILES string of the molecule is COc1ccc(N(c2ccc(OC)cc2)c2ccc3c(c2)C2(c4cc(N(c5ccc(OC)cc5)c5ccc(OC)cc5)ccc4C=C3)c3cc(C(C)(C)C)ccc3-c3cc(C(F)(F)F)nn32)cc1. The van der Waals surface area contributed by atoms with E-state index >= 15 is 13.2 Å². The van der Waals surface area contributed by atoms with Crippen molar-refractivity contribution >= 4 is 46.3 Å². The molecule has 8 aromatic rings. The molecular formula is C57H49F3N4O4. The van der Waals surface area contributed by atoms with Crippen molar-refractivity contribution in [1.82, 2.24) is 9.78 Å². The molecule has 7 aromatic carbocycles. The fourth-order valence-electron chi connectivity index (χ4n) is 9.56. The van der Waals surface area contributed by atoms with Crippen LogP contribution in [0.4, 0.5) is 47.3 Å². The molecule has 1 aromatic heterocycles. The van der Waals surface area contributed by atoms with E-state index in [-0.39, 0.29) is 5.41 Å². The topological polar surface area (TPSA) is 61.2 Å². The monoisotopic (exact) mass is 910 g/mol. The predicted molar refractivity (Wildman–Crippen MR) is 264 cm³/mol. The third-order valence-electron chi connectivity index (χ3n) is 13.0. The first-order chi connectivity index (χ1) is 32.7. The molecule has 0 saturated heterocycles. The number of fused-ring (bicyclic) bond motifs is 9. The lowest BCUT2D eigenvalue weighted by molar-refractivity contribution is -0.141. The Kier molecular flexibility index (Phi) is 10.8. The molecular weight excluding hydrogens is 862 g/mol. The molecule has 1 spiro atoms. The average Bonchev–Trinajstić information content (AvgIpc) is 3.88. The first kappa shape index (κ1) is 43.9. The van der Waals surface area contributed by atoms with Gasteiger partial charge in [-0.3, -0.25) is 0 Å². The summed E-state index contributed by atoms with van der Waals surface area (Å²) in [7, 11) is 6.52. The van der Waals surface area contributed by atoms with Crippen LogP contribution in [0.5, 0.6) is 23.0 Å². The zero-order valence-corrected chi connectivity index (χ0v) is 38.7. The summed E-state index contributed by atoms with van der Waals surface area (Å²) in [5.74, 6) is 2.79. The van der Waals surface area contributed by atoms with Crippen molar-refractivity contribution in [2.75, 3.05) is 38.2 Å². The molecule has 11 heteroatoms. The van der Waals surface area contributed by atoms with Crippen LogP contribution in [-0.4, -0.2) is 38.2 Å². The van der Waals surface area contributed by atoms with E-state index in [1.54, 1.807) is 33.1 Å². The van der Waals surface area contributed by atoms with E-state index in [9.17, 15) is 0 Å². The summed E-state index contributed by atoms with van der Waals surface area (Å²) in [6.07, 6.45) is -0.606. The summed E-state index contributed by atoms with van der Waals surface area (Å²) in [5.41, 5.74) is 8.21. The molecule has 1 aliphatic carbocycles. The van der Waals surface area contributed by atoms with E-state index < -0.39 is 17.4 Å². The summed E-state index contributed by atoms with van der Waals surface area (Å²) in [6.45, 7) is 6.44. The molecule has 0 amide bonds. The van der Waals surface area contributed by atoms with Gasteiger partial charge in [-0.1, -0.05) is 63.3 Å². The minimum Gasteiger partial charge on any atom is -0.497 e. The minimum atomic E-state index is -4.72. The highest BCUT2D eigenvalue weighted by atomic mass is 19.4. The van der Waals surface area contributed by atoms with Gasteiger partial charge in [-0.25, -0.2) is 4.68 Å². The third kappa shape index (κ3) is 7.38. The van der Waals surface area contributed by atoms with Crippen molar-refractivity contribution in [3.63, 3.8) is 0 Å². The van der Waals surface area contributed by atoms with Crippen LogP contribution in [0, 0.1) is 0 Å². The maximum atomic E-state index is 15.1. The molecule has 0 unspecified atom stereocenters. The van der Waals surface area contributed by atoms with Crippen molar-refractivity contribution in [1.29, 1.82) is 0 Å². The summed E-state index contributed by atoms with van der Waals surface area (Å²) in [5, 5.41) is 4.62. The number of anilines is 6. The number of alkyl halides is 3. The van der Waals surface area contributed by atoms with Crippen molar-refractivity contribution in [3.05, 3.63) is 197 Å². The number of nitrogens with zero attached hydrogens (tertiary/aromatic N) is 4. The van der Waals surface area contributed by atoms with Gasteiger partial charge in [0.1, 0.15) is 28.5 Å². The summed E-state index contributed by atoms with van der Waals surface area (Å²) >= 11 is 0. The van der Waals surface area contributed by atoms with E-state index in [0.29, 0.717) is 34.3 Å². The minimum absolute atomic E-state index is 0.310. The van der Waals surface area contributed by atoms with Gasteiger partial charge in [0.25, 0.3) is 0 Å². The van der Waals surface area contributed by atoms with Crippen LogP contribution in [-0.2, 0) is 17.1 Å². The molecule has 1 aliphatic heterocycles. The second-order valence-electron chi connectivity index (χ2n) is 17.9. The molecule has 68 heavy (non-hydrogen) atoms. The zero-order chi connectivity index (χ0) is 47.5. The fourth-order valence-corrected chi connectivity index (χ4v) is 9.56. The van der Waals surface area contributed by atoms with Gasteiger partial charge in [0.15, 0.2) is 5.69 Å². The lowest BCUT2D eigenvalue weighted by Crippen LogP contribution is -2.38. The smallest absolute Gasteiger partial charge is 0.435 e. The molecule has 0 N–H and O–H groups in total. The number of hydrogen-bond donors (Lipinski definition) is 0. The van der Waals surface area contributed by atoms with E-state index in [2.05, 4.69) is 90.3 Å². The van der Waals surface area contributed by atoms with E-state index in [4.69, 9.17) is 18.9 Å². The molecule has 0 radical (unpaired) electrons. The Morgan fingerprint density at radius 2 is 0.838 bits per heavy atom.